The summed E-state index contributed by atoms with van der Waals surface area (Å²) in [5.41, 5.74) is 21.0. The van der Waals surface area contributed by atoms with E-state index in [0.29, 0.717) is 5.92 Å². The summed E-state index contributed by atoms with van der Waals surface area (Å²) in [6.45, 7) is 44.0. The van der Waals surface area contributed by atoms with Crippen molar-refractivity contribution in [2.45, 2.75) is 228 Å². The summed E-state index contributed by atoms with van der Waals surface area (Å²) >= 11 is 0. The highest BCUT2D eigenvalue weighted by Gasteiger charge is 2.22. The molecule has 0 amide bonds. The van der Waals surface area contributed by atoms with Crippen LogP contribution >= 0.6 is 0 Å². The zero-order chi connectivity index (χ0) is 61.9. The Morgan fingerprint density at radius 3 is 1.57 bits per heavy atom. The van der Waals surface area contributed by atoms with Gasteiger partial charge in [-0.2, -0.15) is 0 Å². The Labute approximate surface area is 508 Å². The molecule has 0 saturated heterocycles. The van der Waals surface area contributed by atoms with Gasteiger partial charge in [0.15, 0.2) is 0 Å². The van der Waals surface area contributed by atoms with Gasteiger partial charge in [0, 0.05) is 5.92 Å². The van der Waals surface area contributed by atoms with E-state index in [-0.39, 0.29) is 5.92 Å². The molecular weight excluding hydrogens is 985 g/mol. The minimum atomic E-state index is 0.191. The highest BCUT2D eigenvalue weighted by molar-refractivity contribution is 5.79. The summed E-state index contributed by atoms with van der Waals surface area (Å²) in [6.07, 6.45) is 30.6. The Kier molecular flexibility index (Phi) is 49.0. The standard InChI is InChI=1S/C35H36.C21H26.C9H16.C7H12.5C2H6/c1-4-27-12-8-9-15-31(27)30-23-20-26(3)34(24-30)32-16-10-11-17-33(32)35(28-13-6-5-7-14-28)29-21-18-25(2)19-22-29;1-4-5-9-21(20-10-7-6-8-11-20)16-18(3)19-14-12-17(2)13-15-19;1-4-7-8-9(5-2)6-3;1-3-5-7-6-4-2;5*1-2/h5-7,10-11,13-14,16-24,35H,4,8-9,12,15H2,1-3H3;6-8,10-16,18H,4-5,9H2,1-3H3;5,7-8H,4,6H2,1-3H3;3,5-7H,4H2,1-2H3;5*1-2H3/b;21-16+;8-7-,9-5-;5-3-,7-6-;;;;;. The lowest BCUT2D eigenvalue weighted by atomic mass is 9.79. The predicted molar refractivity (Wildman–Crippen MR) is 379 cm³/mol. The second-order valence-corrected chi connectivity index (χ2v) is 19.3. The molecule has 6 aromatic rings. The van der Waals surface area contributed by atoms with Gasteiger partial charge in [-0.3, -0.25) is 0 Å². The molecule has 0 saturated carbocycles. The summed E-state index contributed by atoms with van der Waals surface area (Å²) in [4.78, 5) is 0. The van der Waals surface area contributed by atoms with E-state index in [4.69, 9.17) is 0 Å². The van der Waals surface area contributed by atoms with E-state index in [2.05, 4.69) is 257 Å². The molecule has 6 aromatic carbocycles. The molecule has 0 fully saturated rings. The normalized spacial score (nSPS) is 12.5. The minimum Gasteiger partial charge on any atom is -0.0877 e. The van der Waals surface area contributed by atoms with E-state index in [1.165, 1.54) is 117 Å². The van der Waals surface area contributed by atoms with Crippen molar-refractivity contribution in [2.75, 3.05) is 0 Å². The zero-order valence-electron chi connectivity index (χ0n) is 56.5. The molecule has 1 aliphatic rings. The number of benzene rings is 6. The number of hydrogen-bond donors (Lipinski definition) is 0. The Morgan fingerprint density at radius 2 is 1.05 bits per heavy atom. The Bertz CT molecular complexity index is 2620. The van der Waals surface area contributed by atoms with Crippen LogP contribution in [0, 0.1) is 20.8 Å². The molecule has 0 bridgehead atoms. The van der Waals surface area contributed by atoms with E-state index < -0.39 is 0 Å². The first kappa shape index (κ1) is 77.8. The van der Waals surface area contributed by atoms with Crippen molar-refractivity contribution >= 4 is 11.1 Å². The number of rotatable bonds is 17. The summed E-state index contributed by atoms with van der Waals surface area (Å²) in [6, 6.07) is 55.9. The molecule has 2 unspecified atom stereocenters. The van der Waals surface area contributed by atoms with Gasteiger partial charge in [-0.15, -0.1) is 0 Å². The van der Waals surface area contributed by atoms with E-state index in [0.717, 1.165) is 25.7 Å². The van der Waals surface area contributed by atoms with Crippen LogP contribution in [0.1, 0.15) is 257 Å². The van der Waals surface area contributed by atoms with Crippen molar-refractivity contribution in [1.82, 2.24) is 0 Å². The summed E-state index contributed by atoms with van der Waals surface area (Å²) in [7, 11) is 0. The van der Waals surface area contributed by atoms with E-state index in [1.54, 1.807) is 11.1 Å². The first-order valence-corrected chi connectivity index (χ1v) is 32.6. The van der Waals surface area contributed by atoms with E-state index >= 15 is 0 Å². The molecule has 0 heterocycles. The fraction of sp³-hybridized carbons (Fsp3) is 0.415. The van der Waals surface area contributed by atoms with Crippen LogP contribution in [0.5, 0.6) is 0 Å². The van der Waals surface area contributed by atoms with Crippen molar-refractivity contribution in [3.05, 3.63) is 261 Å². The zero-order valence-corrected chi connectivity index (χ0v) is 56.5. The molecule has 448 valence electrons. The van der Waals surface area contributed by atoms with E-state index in [9.17, 15) is 0 Å². The van der Waals surface area contributed by atoms with Gasteiger partial charge in [-0.05, 0) is 172 Å². The predicted octanol–water partition coefficient (Wildman–Crippen LogP) is 27.2. The molecule has 0 aromatic heterocycles. The third kappa shape index (κ3) is 29.7. The molecular formula is C82H120. The van der Waals surface area contributed by atoms with Crippen molar-refractivity contribution < 1.29 is 0 Å². The topological polar surface area (TPSA) is 0 Å². The van der Waals surface area contributed by atoms with Crippen LogP contribution in [0.3, 0.4) is 0 Å². The fourth-order valence-corrected chi connectivity index (χ4v) is 9.38. The van der Waals surface area contributed by atoms with E-state index in [1.807, 2.05) is 88.3 Å². The fourth-order valence-electron chi connectivity index (χ4n) is 9.38. The molecule has 82 heavy (non-hydrogen) atoms. The SMILES string of the molecule is C/C=C(\C=C/CC)CC.C/C=C\C=C/CC.CC.CC.CC.CC.CC.CCC1=C(c2ccc(C)c(-c3ccccc3C(c3ccccc3)c3ccc(C)cc3)c2)CCCC1.CCCC/C(=C\C(C)c1ccc(C)cc1)c1ccccc1. The number of hydrogen-bond acceptors (Lipinski definition) is 0. The lowest BCUT2D eigenvalue weighted by Gasteiger charge is -2.24. The average Bonchev–Trinajstić information content (AvgIpc) is 3.60. The van der Waals surface area contributed by atoms with Gasteiger partial charge in [0.1, 0.15) is 0 Å². The van der Waals surface area contributed by atoms with Crippen molar-refractivity contribution in [3.8, 4) is 11.1 Å². The van der Waals surface area contributed by atoms with Crippen molar-refractivity contribution in [3.63, 3.8) is 0 Å². The highest BCUT2D eigenvalue weighted by atomic mass is 14.3. The first-order chi connectivity index (χ1) is 40.1. The molecule has 0 radical (unpaired) electrons. The number of aryl methyl sites for hydroxylation is 3. The maximum absolute atomic E-state index is 2.47. The van der Waals surface area contributed by atoms with Crippen LogP contribution < -0.4 is 0 Å². The Hall–Kier alpha value is -6.24. The van der Waals surface area contributed by atoms with Crippen LogP contribution in [0.25, 0.3) is 22.3 Å². The summed E-state index contributed by atoms with van der Waals surface area (Å²) in [5, 5.41) is 0. The van der Waals surface area contributed by atoms with Crippen LogP contribution in [0.4, 0.5) is 0 Å². The van der Waals surface area contributed by atoms with Gasteiger partial charge in [-0.25, -0.2) is 0 Å². The van der Waals surface area contributed by atoms with Crippen LogP contribution in [-0.2, 0) is 0 Å². The van der Waals surface area contributed by atoms with Gasteiger partial charge in [0.2, 0.25) is 0 Å². The van der Waals surface area contributed by atoms with Gasteiger partial charge in [-0.1, -0.05) is 334 Å². The largest absolute Gasteiger partial charge is 0.0877 e. The molecule has 2 atom stereocenters. The third-order valence-electron chi connectivity index (χ3n) is 13.7. The highest BCUT2D eigenvalue weighted by Crippen LogP contribution is 2.41. The Morgan fingerprint density at radius 1 is 0.524 bits per heavy atom. The summed E-state index contributed by atoms with van der Waals surface area (Å²) < 4.78 is 0. The third-order valence-corrected chi connectivity index (χ3v) is 13.7. The quantitative estimate of drug-likeness (QED) is 0.0631. The summed E-state index contributed by atoms with van der Waals surface area (Å²) in [5.74, 6) is 0.647. The number of unbranched alkanes of at least 4 members (excludes halogenated alkanes) is 1. The van der Waals surface area contributed by atoms with Crippen LogP contribution in [0.15, 0.2) is 211 Å². The Balaban J connectivity index is 0. The lowest BCUT2D eigenvalue weighted by molar-refractivity contribution is 0.697. The minimum absolute atomic E-state index is 0.191. The van der Waals surface area contributed by atoms with Gasteiger partial charge in [0.25, 0.3) is 0 Å². The second-order valence-electron chi connectivity index (χ2n) is 19.3. The monoisotopic (exact) mass is 1100 g/mol. The second kappa shape index (κ2) is 51.6. The molecule has 0 nitrogen and oxygen atoms in total. The van der Waals surface area contributed by atoms with Crippen LogP contribution in [0.2, 0.25) is 0 Å². The molecule has 0 heteroatoms. The van der Waals surface area contributed by atoms with Gasteiger partial charge >= 0.3 is 0 Å². The maximum atomic E-state index is 2.47. The molecule has 1 aliphatic carbocycles. The smallest absolute Gasteiger partial charge is 0.0346 e. The lowest BCUT2D eigenvalue weighted by Crippen LogP contribution is -2.06. The van der Waals surface area contributed by atoms with Crippen molar-refractivity contribution in [2.24, 2.45) is 0 Å². The average molecular weight is 1110 g/mol. The first-order valence-electron chi connectivity index (χ1n) is 32.6. The van der Waals surface area contributed by atoms with Gasteiger partial charge < -0.3 is 0 Å². The van der Waals surface area contributed by atoms with Crippen molar-refractivity contribution in [1.29, 1.82) is 0 Å². The van der Waals surface area contributed by atoms with Crippen LogP contribution in [-0.4, -0.2) is 0 Å². The molecule has 0 spiro atoms. The molecule has 0 N–H and O–H groups in total. The van der Waals surface area contributed by atoms with Gasteiger partial charge in [0.05, 0.1) is 0 Å². The molecule has 0 aliphatic heterocycles. The number of allylic oxidation sites excluding steroid dienone is 12. The maximum Gasteiger partial charge on any atom is 0.0346 e. The molecule has 7 rings (SSSR count).